The molecule has 9 heteroatoms. The lowest BCUT2D eigenvalue weighted by Crippen LogP contribution is -2.40. The first-order valence-corrected chi connectivity index (χ1v) is 9.37. The maximum Gasteiger partial charge on any atom is 0.228 e. The molecule has 0 amide bonds. The van der Waals surface area contributed by atoms with Crippen molar-refractivity contribution in [1.82, 2.24) is 15.0 Å². The van der Waals surface area contributed by atoms with E-state index in [4.69, 9.17) is 25.2 Å². The molecule has 0 bridgehead atoms. The first-order valence-electron chi connectivity index (χ1n) is 9.37. The van der Waals surface area contributed by atoms with Crippen LogP contribution >= 0.6 is 0 Å². The maximum absolute atomic E-state index is 9.97. The zero-order valence-corrected chi connectivity index (χ0v) is 15.9. The van der Waals surface area contributed by atoms with Crippen LogP contribution in [-0.2, 0) is 9.47 Å². The van der Waals surface area contributed by atoms with Gasteiger partial charge in [0.15, 0.2) is 5.82 Å². The fourth-order valence-electron chi connectivity index (χ4n) is 3.47. The van der Waals surface area contributed by atoms with Gasteiger partial charge in [0.1, 0.15) is 17.5 Å². The Morgan fingerprint density at radius 2 is 1.68 bits per heavy atom. The van der Waals surface area contributed by atoms with Crippen LogP contribution in [0.5, 0.6) is 0 Å². The lowest BCUT2D eigenvalue weighted by molar-refractivity contribution is 0.121. The molecule has 0 unspecified atom stereocenters. The number of nitrogens with zero attached hydrogens (tertiary/aromatic N) is 6. The van der Waals surface area contributed by atoms with Crippen molar-refractivity contribution in [2.45, 2.75) is 6.92 Å². The van der Waals surface area contributed by atoms with E-state index < -0.39 is 0 Å². The summed E-state index contributed by atoms with van der Waals surface area (Å²) in [7, 11) is 0. The molecule has 0 spiro atoms. The Kier molecular flexibility index (Phi) is 5.23. The van der Waals surface area contributed by atoms with Crippen LogP contribution in [0, 0.1) is 18.3 Å². The summed E-state index contributed by atoms with van der Waals surface area (Å²) < 4.78 is 10.9. The van der Waals surface area contributed by atoms with E-state index in [0.717, 1.165) is 11.1 Å². The summed E-state index contributed by atoms with van der Waals surface area (Å²) in [5.74, 6) is 1.69. The highest BCUT2D eigenvalue weighted by atomic mass is 16.5. The molecule has 0 atom stereocenters. The average molecular weight is 381 g/mol. The molecule has 2 N–H and O–H groups in total. The van der Waals surface area contributed by atoms with E-state index in [-0.39, 0.29) is 0 Å². The summed E-state index contributed by atoms with van der Waals surface area (Å²) >= 11 is 0. The first-order chi connectivity index (χ1) is 13.7. The highest BCUT2D eigenvalue weighted by molar-refractivity contribution is 5.77. The number of nitriles is 1. The van der Waals surface area contributed by atoms with Gasteiger partial charge in [-0.15, -0.1) is 0 Å². The zero-order valence-electron chi connectivity index (χ0n) is 15.9. The Hall–Kier alpha value is -2.96. The summed E-state index contributed by atoms with van der Waals surface area (Å²) in [5.41, 5.74) is 8.57. The number of pyridine rings is 1. The van der Waals surface area contributed by atoms with Crippen molar-refractivity contribution in [3.63, 3.8) is 0 Å². The van der Waals surface area contributed by atoms with Gasteiger partial charge in [0.25, 0.3) is 0 Å². The van der Waals surface area contributed by atoms with Gasteiger partial charge in [-0.1, -0.05) is 0 Å². The third kappa shape index (κ3) is 3.56. The molecule has 4 heterocycles. The van der Waals surface area contributed by atoms with E-state index in [2.05, 4.69) is 20.9 Å². The molecule has 9 nitrogen and oxygen atoms in total. The lowest BCUT2D eigenvalue weighted by Gasteiger charge is -2.32. The summed E-state index contributed by atoms with van der Waals surface area (Å²) in [6.45, 7) is 7.24. The van der Waals surface area contributed by atoms with Gasteiger partial charge in [0.2, 0.25) is 5.95 Å². The van der Waals surface area contributed by atoms with Crippen molar-refractivity contribution in [2.75, 3.05) is 68.1 Å². The molecule has 0 aromatic carbocycles. The predicted octanol–water partition coefficient (Wildman–Crippen LogP) is 0.974. The number of anilines is 3. The quantitative estimate of drug-likeness (QED) is 0.831. The van der Waals surface area contributed by atoms with Gasteiger partial charge in [-0.25, -0.2) is 9.97 Å². The fourth-order valence-corrected chi connectivity index (χ4v) is 3.47. The minimum atomic E-state index is 0.440. The Morgan fingerprint density at radius 3 is 2.29 bits per heavy atom. The number of aromatic nitrogens is 3. The topological polar surface area (TPSA) is 113 Å². The van der Waals surface area contributed by atoms with Crippen LogP contribution in [-0.4, -0.2) is 67.6 Å². The number of ether oxygens (including phenoxy) is 2. The molecule has 4 rings (SSSR count). The van der Waals surface area contributed by atoms with Crippen molar-refractivity contribution >= 4 is 17.6 Å². The first kappa shape index (κ1) is 18.4. The van der Waals surface area contributed by atoms with Crippen LogP contribution in [0.1, 0.15) is 11.1 Å². The molecular weight excluding hydrogens is 358 g/mol. The third-order valence-electron chi connectivity index (χ3n) is 4.98. The maximum atomic E-state index is 9.97. The van der Waals surface area contributed by atoms with Crippen LogP contribution < -0.4 is 15.5 Å². The third-order valence-corrected chi connectivity index (χ3v) is 4.98. The molecule has 146 valence electrons. The van der Waals surface area contributed by atoms with E-state index in [1.54, 1.807) is 12.3 Å². The number of nitrogen functional groups attached to an aromatic ring is 1. The molecular formula is C19H23N7O2. The summed E-state index contributed by atoms with van der Waals surface area (Å²) in [5, 5.41) is 9.97. The van der Waals surface area contributed by atoms with Gasteiger partial charge in [-0.3, -0.25) is 0 Å². The van der Waals surface area contributed by atoms with E-state index in [9.17, 15) is 5.26 Å². The van der Waals surface area contributed by atoms with Crippen LogP contribution in [0.15, 0.2) is 12.3 Å². The molecule has 0 aliphatic carbocycles. The fraction of sp³-hybridized carbons (Fsp3) is 0.474. The molecule has 0 saturated carbocycles. The van der Waals surface area contributed by atoms with Crippen LogP contribution in [0.3, 0.4) is 0 Å². The molecule has 2 aliphatic heterocycles. The largest absolute Gasteiger partial charge is 0.384 e. The van der Waals surface area contributed by atoms with Gasteiger partial charge < -0.3 is 25.0 Å². The number of hydrogen-bond acceptors (Lipinski definition) is 9. The van der Waals surface area contributed by atoms with Crippen LogP contribution in [0.2, 0.25) is 0 Å². The van der Waals surface area contributed by atoms with Crippen LogP contribution in [0.25, 0.3) is 11.3 Å². The number of morpholine rings is 2. The molecule has 2 aliphatic rings. The second-order valence-corrected chi connectivity index (χ2v) is 6.81. The van der Waals surface area contributed by atoms with Crippen molar-refractivity contribution < 1.29 is 9.47 Å². The molecule has 28 heavy (non-hydrogen) atoms. The standard InChI is InChI=1S/C19H23N7O2/c1-13-10-16(21)22-12-15(13)17-14(11-20)18(25-2-6-27-7-3-25)24-19(23-17)26-4-8-28-9-5-26/h10,12H,2-9H2,1H3,(H2,21,22). The molecule has 2 aromatic rings. The minimum absolute atomic E-state index is 0.440. The Morgan fingerprint density at radius 1 is 1.04 bits per heavy atom. The van der Waals surface area contributed by atoms with Gasteiger partial charge in [-0.2, -0.15) is 10.2 Å². The second-order valence-electron chi connectivity index (χ2n) is 6.81. The molecule has 2 aromatic heterocycles. The van der Waals surface area contributed by atoms with Gasteiger partial charge in [0, 0.05) is 37.9 Å². The lowest BCUT2D eigenvalue weighted by atomic mass is 10.0. The van der Waals surface area contributed by atoms with E-state index in [0.29, 0.717) is 81.4 Å². The normalized spacial score (nSPS) is 17.4. The van der Waals surface area contributed by atoms with Gasteiger partial charge >= 0.3 is 0 Å². The van der Waals surface area contributed by atoms with Crippen LogP contribution in [0.4, 0.5) is 17.6 Å². The van der Waals surface area contributed by atoms with E-state index in [1.807, 2.05) is 6.92 Å². The smallest absolute Gasteiger partial charge is 0.228 e. The molecule has 2 saturated heterocycles. The second kappa shape index (κ2) is 7.96. The Balaban J connectivity index is 1.88. The summed E-state index contributed by atoms with van der Waals surface area (Å²) in [4.78, 5) is 18.0. The van der Waals surface area contributed by atoms with E-state index in [1.165, 1.54) is 0 Å². The van der Waals surface area contributed by atoms with Crippen molar-refractivity contribution in [3.8, 4) is 17.3 Å². The number of rotatable bonds is 3. The Bertz CT molecular complexity index is 900. The Labute approximate surface area is 163 Å². The zero-order chi connectivity index (χ0) is 19.5. The number of hydrogen-bond donors (Lipinski definition) is 1. The molecule has 0 radical (unpaired) electrons. The van der Waals surface area contributed by atoms with Gasteiger partial charge in [0.05, 0.1) is 32.1 Å². The highest BCUT2D eigenvalue weighted by Gasteiger charge is 2.25. The van der Waals surface area contributed by atoms with Crippen molar-refractivity contribution in [3.05, 3.63) is 23.4 Å². The number of nitrogens with two attached hydrogens (primary N) is 1. The monoisotopic (exact) mass is 381 g/mol. The minimum Gasteiger partial charge on any atom is -0.384 e. The van der Waals surface area contributed by atoms with Crippen molar-refractivity contribution in [2.24, 2.45) is 0 Å². The average Bonchev–Trinajstić information content (AvgIpc) is 2.74. The summed E-state index contributed by atoms with van der Waals surface area (Å²) in [6, 6.07) is 4.12. The van der Waals surface area contributed by atoms with Gasteiger partial charge in [-0.05, 0) is 18.6 Å². The van der Waals surface area contributed by atoms with Crippen molar-refractivity contribution in [1.29, 1.82) is 5.26 Å². The number of aryl methyl sites for hydroxylation is 1. The molecule has 2 fully saturated rings. The SMILES string of the molecule is Cc1cc(N)ncc1-c1nc(N2CCOCC2)nc(N2CCOCC2)c1C#N. The van der Waals surface area contributed by atoms with E-state index >= 15 is 0 Å². The highest BCUT2D eigenvalue weighted by Crippen LogP contribution is 2.33. The predicted molar refractivity (Wildman–Crippen MR) is 105 cm³/mol. The summed E-state index contributed by atoms with van der Waals surface area (Å²) in [6.07, 6.45) is 1.68.